The van der Waals surface area contributed by atoms with Gasteiger partial charge in [-0.25, -0.2) is 0 Å². The molecular weight excluding hydrogens is 316 g/mol. The first-order chi connectivity index (χ1) is 9.70. The smallest absolute Gasteiger partial charge is 0.152 e. The van der Waals surface area contributed by atoms with Gasteiger partial charge in [-0.1, -0.05) is 37.3 Å². The van der Waals surface area contributed by atoms with Crippen LogP contribution in [0.5, 0.6) is 0 Å². The van der Waals surface area contributed by atoms with Crippen LogP contribution in [0.25, 0.3) is 0 Å². The molecule has 104 valence electrons. The van der Waals surface area contributed by atoms with Crippen molar-refractivity contribution in [1.82, 2.24) is 15.1 Å². The Balaban J connectivity index is 2.35. The molecule has 4 nitrogen and oxygen atoms in total. The average molecular weight is 333 g/mol. The molecule has 0 amide bonds. The summed E-state index contributed by atoms with van der Waals surface area (Å²) in [6, 6.07) is 12.2. The second-order valence-corrected chi connectivity index (χ2v) is 5.58. The summed E-state index contributed by atoms with van der Waals surface area (Å²) in [7, 11) is 0. The average Bonchev–Trinajstić information content (AvgIpc) is 2.89. The Morgan fingerprint density at radius 2 is 2.15 bits per heavy atom. The maximum atomic E-state index is 9.76. The third kappa shape index (κ3) is 3.27. The molecule has 0 radical (unpaired) electrons. The van der Waals surface area contributed by atoms with Crippen LogP contribution in [0.1, 0.15) is 18.9 Å². The maximum absolute atomic E-state index is 9.76. The van der Waals surface area contributed by atoms with E-state index in [9.17, 15) is 5.26 Å². The van der Waals surface area contributed by atoms with E-state index in [1.807, 2.05) is 36.5 Å². The Labute approximate surface area is 127 Å². The van der Waals surface area contributed by atoms with Crippen LogP contribution in [-0.4, -0.2) is 16.3 Å². The molecule has 0 saturated carbocycles. The topological polar surface area (TPSA) is 53.6 Å². The van der Waals surface area contributed by atoms with Crippen LogP contribution in [0, 0.1) is 11.3 Å². The molecule has 1 unspecified atom stereocenters. The number of hydrogen-bond acceptors (Lipinski definition) is 3. The predicted molar refractivity (Wildman–Crippen MR) is 82.0 cm³/mol. The number of nitrogens with zero attached hydrogens (tertiary/aromatic N) is 3. The summed E-state index contributed by atoms with van der Waals surface area (Å²) in [6.45, 7) is 3.34. The monoisotopic (exact) mass is 332 g/mol. The molecule has 0 aliphatic carbocycles. The van der Waals surface area contributed by atoms with Crippen LogP contribution in [-0.2, 0) is 12.1 Å². The Kier molecular flexibility index (Phi) is 4.94. The van der Waals surface area contributed by atoms with E-state index in [4.69, 9.17) is 0 Å². The van der Waals surface area contributed by atoms with Crippen LogP contribution >= 0.6 is 15.9 Å². The molecule has 1 aromatic heterocycles. The molecule has 1 aromatic carbocycles. The summed E-state index contributed by atoms with van der Waals surface area (Å²) in [6.07, 6.45) is 4.58. The Morgan fingerprint density at radius 3 is 2.70 bits per heavy atom. The van der Waals surface area contributed by atoms with Gasteiger partial charge in [0.25, 0.3) is 0 Å². The fraction of sp³-hybridized carbons (Fsp3) is 0.333. The van der Waals surface area contributed by atoms with Crippen molar-refractivity contribution in [2.45, 2.75) is 25.4 Å². The van der Waals surface area contributed by atoms with Gasteiger partial charge in [0, 0.05) is 6.20 Å². The van der Waals surface area contributed by atoms with E-state index >= 15 is 0 Å². The maximum Gasteiger partial charge on any atom is 0.152 e. The summed E-state index contributed by atoms with van der Waals surface area (Å²) >= 11 is 3.38. The van der Waals surface area contributed by atoms with Crippen LogP contribution in [0.2, 0.25) is 0 Å². The Morgan fingerprint density at radius 1 is 1.40 bits per heavy atom. The molecule has 1 heterocycles. The highest BCUT2D eigenvalue weighted by Gasteiger charge is 2.32. The van der Waals surface area contributed by atoms with Gasteiger partial charge < -0.3 is 0 Å². The lowest BCUT2D eigenvalue weighted by atomic mass is 9.91. The highest BCUT2D eigenvalue weighted by molar-refractivity contribution is 9.10. The first-order valence-corrected chi connectivity index (χ1v) is 7.39. The van der Waals surface area contributed by atoms with Crippen molar-refractivity contribution < 1.29 is 0 Å². The molecule has 0 bridgehead atoms. The number of nitrogens with one attached hydrogen (secondary N) is 1. The molecule has 0 fully saturated rings. The van der Waals surface area contributed by atoms with E-state index in [-0.39, 0.29) is 0 Å². The first kappa shape index (κ1) is 14.8. The second kappa shape index (κ2) is 6.69. The molecular formula is C15H17BrN4. The molecule has 2 rings (SSSR count). The first-order valence-electron chi connectivity index (χ1n) is 6.60. The Bertz CT molecular complexity index is 587. The number of aromatic nitrogens is 2. The van der Waals surface area contributed by atoms with Crippen LogP contribution in [0.3, 0.4) is 0 Å². The number of benzene rings is 1. The van der Waals surface area contributed by atoms with Crippen molar-refractivity contribution in [3.8, 4) is 6.07 Å². The van der Waals surface area contributed by atoms with E-state index in [1.165, 1.54) is 0 Å². The van der Waals surface area contributed by atoms with Crippen molar-refractivity contribution >= 4 is 15.9 Å². The van der Waals surface area contributed by atoms with E-state index in [0.29, 0.717) is 6.54 Å². The van der Waals surface area contributed by atoms with Crippen molar-refractivity contribution in [3.63, 3.8) is 0 Å². The molecule has 0 spiro atoms. The summed E-state index contributed by atoms with van der Waals surface area (Å²) in [5.74, 6) is 0. The zero-order valence-electron chi connectivity index (χ0n) is 11.4. The SMILES string of the molecule is CCCNC(C#N)(Cn1cc(Br)cn1)c1ccccc1. The number of hydrogen-bond donors (Lipinski definition) is 1. The molecule has 0 aliphatic heterocycles. The summed E-state index contributed by atoms with van der Waals surface area (Å²) in [4.78, 5) is 0. The lowest BCUT2D eigenvalue weighted by Crippen LogP contribution is -2.45. The van der Waals surface area contributed by atoms with E-state index < -0.39 is 5.54 Å². The van der Waals surface area contributed by atoms with E-state index in [1.54, 1.807) is 10.9 Å². The lowest BCUT2D eigenvalue weighted by molar-refractivity contribution is 0.352. The molecule has 5 heteroatoms. The quantitative estimate of drug-likeness (QED) is 0.884. The van der Waals surface area contributed by atoms with Crippen LogP contribution in [0.4, 0.5) is 0 Å². The molecule has 1 N–H and O–H groups in total. The number of rotatable bonds is 6. The van der Waals surface area contributed by atoms with Gasteiger partial charge >= 0.3 is 0 Å². The van der Waals surface area contributed by atoms with E-state index in [0.717, 1.165) is 23.0 Å². The standard InChI is InChI=1S/C15H17BrN4/c1-2-8-18-15(11-17,13-6-4-3-5-7-13)12-20-10-14(16)9-19-20/h3-7,9-10,18H,2,8,12H2,1H3. The van der Waals surface area contributed by atoms with Crippen molar-refractivity contribution in [3.05, 3.63) is 52.8 Å². The molecule has 20 heavy (non-hydrogen) atoms. The lowest BCUT2D eigenvalue weighted by Gasteiger charge is -2.28. The number of nitriles is 1. The van der Waals surface area contributed by atoms with Gasteiger partial charge in [0.1, 0.15) is 0 Å². The highest BCUT2D eigenvalue weighted by atomic mass is 79.9. The van der Waals surface area contributed by atoms with Gasteiger partial charge in [0.15, 0.2) is 5.54 Å². The van der Waals surface area contributed by atoms with Gasteiger partial charge in [-0.2, -0.15) is 10.4 Å². The summed E-state index contributed by atoms with van der Waals surface area (Å²) in [5.41, 5.74) is 0.200. The summed E-state index contributed by atoms with van der Waals surface area (Å²) < 4.78 is 2.69. The fourth-order valence-electron chi connectivity index (χ4n) is 2.12. The molecule has 0 saturated heterocycles. The van der Waals surface area contributed by atoms with Crippen LogP contribution in [0.15, 0.2) is 47.2 Å². The van der Waals surface area contributed by atoms with Gasteiger partial charge in [-0.05, 0) is 34.5 Å². The van der Waals surface area contributed by atoms with Crippen molar-refractivity contribution in [2.24, 2.45) is 0 Å². The van der Waals surface area contributed by atoms with Gasteiger partial charge in [-0.15, -0.1) is 0 Å². The zero-order valence-corrected chi connectivity index (χ0v) is 13.0. The highest BCUT2D eigenvalue weighted by Crippen LogP contribution is 2.23. The van der Waals surface area contributed by atoms with Crippen molar-refractivity contribution in [1.29, 1.82) is 5.26 Å². The Hall–Kier alpha value is -1.64. The minimum Gasteiger partial charge on any atom is -0.294 e. The third-order valence-electron chi connectivity index (χ3n) is 3.14. The second-order valence-electron chi connectivity index (χ2n) is 4.67. The molecule has 2 aromatic rings. The van der Waals surface area contributed by atoms with E-state index in [2.05, 4.69) is 39.3 Å². The van der Waals surface area contributed by atoms with Gasteiger partial charge in [-0.3, -0.25) is 10.00 Å². The van der Waals surface area contributed by atoms with Gasteiger partial charge in [0.05, 0.1) is 23.3 Å². The predicted octanol–water partition coefficient (Wildman–Crippen LogP) is 3.06. The number of halogens is 1. The molecule has 0 aliphatic rings. The minimum absolute atomic E-state index is 0.471. The molecule has 1 atom stereocenters. The third-order valence-corrected chi connectivity index (χ3v) is 3.54. The largest absolute Gasteiger partial charge is 0.294 e. The minimum atomic E-state index is -0.761. The van der Waals surface area contributed by atoms with Crippen molar-refractivity contribution in [2.75, 3.05) is 6.54 Å². The zero-order chi connectivity index (χ0) is 14.4. The normalized spacial score (nSPS) is 13.7. The summed E-state index contributed by atoms with van der Waals surface area (Å²) in [5, 5.41) is 17.4. The fourth-order valence-corrected chi connectivity index (χ4v) is 2.45. The van der Waals surface area contributed by atoms with Crippen LogP contribution < -0.4 is 5.32 Å². The van der Waals surface area contributed by atoms with Gasteiger partial charge in [0.2, 0.25) is 0 Å².